The largest absolute Gasteiger partial charge is 0.364 e. The fourth-order valence-electron chi connectivity index (χ4n) is 2.52. The fourth-order valence-corrected chi connectivity index (χ4v) is 2.52. The predicted octanol–water partition coefficient (Wildman–Crippen LogP) is 1.63. The second-order valence-electron chi connectivity index (χ2n) is 4.75. The third-order valence-corrected chi connectivity index (χ3v) is 3.47. The lowest BCUT2D eigenvalue weighted by molar-refractivity contribution is 0.0995. The van der Waals surface area contributed by atoms with Gasteiger partial charge < -0.3 is 11.1 Å². The van der Waals surface area contributed by atoms with E-state index in [1.165, 1.54) is 6.07 Å². The van der Waals surface area contributed by atoms with Crippen LogP contribution >= 0.6 is 0 Å². The number of pyridine rings is 1. The first kappa shape index (κ1) is 12.7. The standard InChI is InChI=1S/C15H14FN3O/c16-12-4-2-1-3-9(12)11-7-13(15(17)20)19-14-8-18-6-5-10(11)14/h1-4,7,18H,5-6,8H2,(H2,17,20). The minimum Gasteiger partial charge on any atom is -0.364 e. The Morgan fingerprint density at radius 1 is 1.30 bits per heavy atom. The van der Waals surface area contributed by atoms with Crippen LogP contribution in [0.25, 0.3) is 11.1 Å². The monoisotopic (exact) mass is 271 g/mol. The van der Waals surface area contributed by atoms with Crippen molar-refractivity contribution >= 4 is 5.91 Å². The predicted molar refractivity (Wildman–Crippen MR) is 73.6 cm³/mol. The number of nitrogens with zero attached hydrogens (tertiary/aromatic N) is 1. The molecule has 3 rings (SSSR count). The molecule has 5 heteroatoms. The summed E-state index contributed by atoms with van der Waals surface area (Å²) < 4.78 is 14.0. The number of hydrogen-bond acceptors (Lipinski definition) is 3. The average molecular weight is 271 g/mol. The number of carbonyl (C=O) groups excluding carboxylic acids is 1. The third kappa shape index (κ3) is 2.16. The number of primary amides is 1. The van der Waals surface area contributed by atoms with Crippen LogP contribution < -0.4 is 11.1 Å². The molecule has 0 radical (unpaired) electrons. The summed E-state index contributed by atoms with van der Waals surface area (Å²) in [6.07, 6.45) is 0.755. The molecule has 0 saturated heterocycles. The van der Waals surface area contributed by atoms with Crippen molar-refractivity contribution in [3.8, 4) is 11.1 Å². The van der Waals surface area contributed by atoms with Crippen molar-refractivity contribution in [1.82, 2.24) is 10.3 Å². The van der Waals surface area contributed by atoms with Gasteiger partial charge >= 0.3 is 0 Å². The summed E-state index contributed by atoms with van der Waals surface area (Å²) in [7, 11) is 0. The lowest BCUT2D eigenvalue weighted by atomic mass is 9.93. The maximum Gasteiger partial charge on any atom is 0.267 e. The highest BCUT2D eigenvalue weighted by Crippen LogP contribution is 2.30. The smallest absolute Gasteiger partial charge is 0.267 e. The van der Waals surface area contributed by atoms with Crippen LogP contribution in [0.2, 0.25) is 0 Å². The number of halogens is 1. The highest BCUT2D eigenvalue weighted by molar-refractivity contribution is 5.92. The highest BCUT2D eigenvalue weighted by atomic mass is 19.1. The Morgan fingerprint density at radius 3 is 2.85 bits per heavy atom. The van der Waals surface area contributed by atoms with E-state index in [0.29, 0.717) is 17.7 Å². The van der Waals surface area contributed by atoms with Gasteiger partial charge in [-0.15, -0.1) is 0 Å². The summed E-state index contributed by atoms with van der Waals surface area (Å²) in [4.78, 5) is 15.7. The topological polar surface area (TPSA) is 68.0 Å². The minimum absolute atomic E-state index is 0.172. The van der Waals surface area contributed by atoms with E-state index in [1.54, 1.807) is 24.3 Å². The number of amides is 1. The van der Waals surface area contributed by atoms with Gasteiger partial charge in [-0.05, 0) is 36.2 Å². The van der Waals surface area contributed by atoms with Crippen molar-refractivity contribution in [3.05, 3.63) is 53.1 Å². The van der Waals surface area contributed by atoms with Gasteiger partial charge in [-0.25, -0.2) is 9.37 Å². The van der Waals surface area contributed by atoms with E-state index in [0.717, 1.165) is 24.2 Å². The molecule has 1 amide bonds. The van der Waals surface area contributed by atoms with Crippen molar-refractivity contribution in [1.29, 1.82) is 0 Å². The van der Waals surface area contributed by atoms with Gasteiger partial charge in [0.2, 0.25) is 0 Å². The van der Waals surface area contributed by atoms with Crippen LogP contribution in [-0.4, -0.2) is 17.4 Å². The van der Waals surface area contributed by atoms with E-state index in [9.17, 15) is 9.18 Å². The van der Waals surface area contributed by atoms with Crippen LogP contribution in [0, 0.1) is 5.82 Å². The zero-order valence-electron chi connectivity index (χ0n) is 10.8. The van der Waals surface area contributed by atoms with Gasteiger partial charge in [-0.2, -0.15) is 0 Å². The number of nitrogens with one attached hydrogen (secondary N) is 1. The average Bonchev–Trinajstić information content (AvgIpc) is 2.46. The summed E-state index contributed by atoms with van der Waals surface area (Å²) >= 11 is 0. The first-order chi connectivity index (χ1) is 9.66. The van der Waals surface area contributed by atoms with Crippen molar-refractivity contribution in [3.63, 3.8) is 0 Å². The number of rotatable bonds is 2. The van der Waals surface area contributed by atoms with Crippen LogP contribution in [0.5, 0.6) is 0 Å². The normalized spacial score (nSPS) is 13.8. The summed E-state index contributed by atoms with van der Waals surface area (Å²) in [5.41, 5.74) is 8.44. The highest BCUT2D eigenvalue weighted by Gasteiger charge is 2.20. The van der Waals surface area contributed by atoms with Crippen LogP contribution in [0.3, 0.4) is 0 Å². The van der Waals surface area contributed by atoms with Crippen LogP contribution in [-0.2, 0) is 13.0 Å². The number of fused-ring (bicyclic) bond motifs is 1. The molecule has 1 aliphatic heterocycles. The maximum absolute atomic E-state index is 14.0. The lowest BCUT2D eigenvalue weighted by Crippen LogP contribution is -2.27. The molecule has 0 atom stereocenters. The molecule has 0 aliphatic carbocycles. The molecule has 2 aromatic rings. The van der Waals surface area contributed by atoms with Gasteiger partial charge in [0.25, 0.3) is 5.91 Å². The van der Waals surface area contributed by atoms with E-state index in [-0.39, 0.29) is 11.5 Å². The van der Waals surface area contributed by atoms with Crippen molar-refractivity contribution in [2.75, 3.05) is 6.54 Å². The molecule has 1 aromatic heterocycles. The van der Waals surface area contributed by atoms with E-state index in [4.69, 9.17) is 5.73 Å². The third-order valence-electron chi connectivity index (χ3n) is 3.47. The van der Waals surface area contributed by atoms with Crippen molar-refractivity contribution < 1.29 is 9.18 Å². The zero-order valence-corrected chi connectivity index (χ0v) is 10.8. The Kier molecular flexibility index (Phi) is 3.20. The second-order valence-corrected chi connectivity index (χ2v) is 4.75. The Morgan fingerprint density at radius 2 is 2.10 bits per heavy atom. The number of hydrogen-bond donors (Lipinski definition) is 2. The number of carbonyl (C=O) groups is 1. The Balaban J connectivity index is 2.25. The molecule has 3 N–H and O–H groups in total. The molecule has 0 bridgehead atoms. The van der Waals surface area contributed by atoms with Crippen molar-refractivity contribution in [2.45, 2.75) is 13.0 Å². The van der Waals surface area contributed by atoms with E-state index in [1.807, 2.05) is 0 Å². The molecule has 20 heavy (non-hydrogen) atoms. The molecule has 4 nitrogen and oxygen atoms in total. The Labute approximate surface area is 115 Å². The summed E-state index contributed by atoms with van der Waals surface area (Å²) in [5, 5.41) is 3.19. The lowest BCUT2D eigenvalue weighted by Gasteiger charge is -2.20. The first-order valence-corrected chi connectivity index (χ1v) is 6.45. The van der Waals surface area contributed by atoms with Crippen molar-refractivity contribution in [2.24, 2.45) is 5.73 Å². The van der Waals surface area contributed by atoms with Gasteiger partial charge in [0.1, 0.15) is 11.5 Å². The second kappa shape index (κ2) is 5.02. The fraction of sp³-hybridized carbons (Fsp3) is 0.200. The van der Waals surface area contributed by atoms with Gasteiger partial charge in [-0.1, -0.05) is 18.2 Å². The van der Waals surface area contributed by atoms with Crippen LogP contribution in [0.15, 0.2) is 30.3 Å². The molecule has 102 valence electrons. The van der Waals surface area contributed by atoms with E-state index >= 15 is 0 Å². The molecule has 0 unspecified atom stereocenters. The summed E-state index contributed by atoms with van der Waals surface area (Å²) in [6.45, 7) is 1.38. The molecule has 0 saturated carbocycles. The quantitative estimate of drug-likeness (QED) is 0.872. The summed E-state index contributed by atoms with van der Waals surface area (Å²) in [6, 6.07) is 8.12. The number of benzene rings is 1. The number of aromatic nitrogens is 1. The summed E-state index contributed by atoms with van der Waals surface area (Å²) in [5.74, 6) is -0.911. The van der Waals surface area contributed by atoms with Gasteiger partial charge in [-0.3, -0.25) is 4.79 Å². The molecule has 2 heterocycles. The molecular formula is C15H14FN3O. The van der Waals surface area contributed by atoms with Crippen LogP contribution in [0.4, 0.5) is 4.39 Å². The zero-order chi connectivity index (χ0) is 14.1. The molecule has 1 aliphatic rings. The van der Waals surface area contributed by atoms with Gasteiger partial charge in [0, 0.05) is 12.1 Å². The number of nitrogens with two attached hydrogens (primary N) is 1. The molecule has 0 spiro atoms. The SMILES string of the molecule is NC(=O)c1cc(-c2ccccc2F)c2c(n1)CNCC2. The Bertz CT molecular complexity index is 685. The van der Waals surface area contributed by atoms with E-state index in [2.05, 4.69) is 10.3 Å². The van der Waals surface area contributed by atoms with Crippen LogP contribution in [0.1, 0.15) is 21.7 Å². The first-order valence-electron chi connectivity index (χ1n) is 6.45. The van der Waals surface area contributed by atoms with E-state index < -0.39 is 5.91 Å². The maximum atomic E-state index is 14.0. The Hall–Kier alpha value is -2.27. The molecular weight excluding hydrogens is 257 g/mol. The van der Waals surface area contributed by atoms with Gasteiger partial charge in [0.05, 0.1) is 5.69 Å². The molecule has 1 aromatic carbocycles. The molecule has 0 fully saturated rings. The minimum atomic E-state index is -0.601. The van der Waals surface area contributed by atoms with Gasteiger partial charge in [0.15, 0.2) is 0 Å².